The van der Waals surface area contributed by atoms with Crippen LogP contribution in [0.4, 0.5) is 10.5 Å². The third kappa shape index (κ3) is 4.08. The number of nitrogens with one attached hydrogen (secondary N) is 2. The van der Waals surface area contributed by atoms with Gasteiger partial charge in [-0.15, -0.1) is 11.3 Å². The fourth-order valence-corrected chi connectivity index (χ4v) is 3.85. The lowest BCUT2D eigenvalue weighted by Gasteiger charge is -2.09. The predicted molar refractivity (Wildman–Crippen MR) is 86.6 cm³/mol. The minimum Gasteiger partial charge on any atom is -0.399 e. The molecule has 8 heteroatoms. The van der Waals surface area contributed by atoms with Gasteiger partial charge in [-0.3, -0.25) is 10.1 Å². The Labute approximate surface area is 130 Å². The molecule has 0 radical (unpaired) electrons. The quantitative estimate of drug-likeness (QED) is 0.592. The average molecular weight is 324 g/mol. The van der Waals surface area contributed by atoms with Crippen molar-refractivity contribution in [3.63, 3.8) is 0 Å². The Morgan fingerprint density at radius 1 is 1.48 bits per heavy atom. The molecule has 0 aliphatic heterocycles. The first kappa shape index (κ1) is 15.6. The van der Waals surface area contributed by atoms with Crippen molar-refractivity contribution in [2.45, 2.75) is 23.4 Å². The highest BCUT2D eigenvalue weighted by Gasteiger charge is 2.18. The lowest BCUT2D eigenvalue weighted by atomic mass is 10.3. The van der Waals surface area contributed by atoms with Crippen molar-refractivity contribution in [3.8, 4) is 0 Å². The molecule has 4 N–H and O–H groups in total. The number of nitrogen functional groups attached to an aromatic ring is 1. The third-order valence-corrected chi connectivity index (χ3v) is 4.83. The molecule has 21 heavy (non-hydrogen) atoms. The lowest BCUT2D eigenvalue weighted by Crippen LogP contribution is -2.42. The zero-order valence-corrected chi connectivity index (χ0v) is 13.3. The van der Waals surface area contributed by atoms with E-state index in [4.69, 9.17) is 5.73 Å². The third-order valence-electron chi connectivity index (χ3n) is 2.61. The van der Waals surface area contributed by atoms with E-state index in [2.05, 4.69) is 15.6 Å². The van der Waals surface area contributed by atoms with Crippen molar-refractivity contribution < 1.29 is 9.59 Å². The molecule has 0 bridgehead atoms. The number of aromatic nitrogens is 1. The van der Waals surface area contributed by atoms with Crippen molar-refractivity contribution in [1.29, 1.82) is 0 Å². The van der Waals surface area contributed by atoms with Crippen LogP contribution in [0, 0.1) is 0 Å². The van der Waals surface area contributed by atoms with E-state index < -0.39 is 11.3 Å². The molecular weight excluding hydrogens is 308 g/mol. The number of rotatable bonds is 4. The Hall–Kier alpha value is -1.80. The van der Waals surface area contributed by atoms with Crippen molar-refractivity contribution >= 4 is 50.9 Å². The molecule has 0 aliphatic rings. The smallest absolute Gasteiger partial charge is 0.321 e. The van der Waals surface area contributed by atoms with Gasteiger partial charge >= 0.3 is 6.03 Å². The number of thioether (sulfide) groups is 1. The van der Waals surface area contributed by atoms with E-state index in [1.54, 1.807) is 19.9 Å². The Bertz CT molecular complexity index is 671. The molecular formula is C13H16N4O2S2. The molecule has 112 valence electrons. The maximum atomic E-state index is 11.9. The predicted octanol–water partition coefficient (Wildman–Crippen LogP) is 2.20. The first-order chi connectivity index (χ1) is 9.99. The molecule has 2 aromatic rings. The van der Waals surface area contributed by atoms with Gasteiger partial charge in [-0.05, 0) is 32.0 Å². The summed E-state index contributed by atoms with van der Waals surface area (Å²) in [5.74, 6) is -0.343. The molecule has 0 saturated carbocycles. The fraction of sp³-hybridized carbons (Fsp3) is 0.308. The van der Waals surface area contributed by atoms with E-state index in [9.17, 15) is 9.59 Å². The van der Waals surface area contributed by atoms with Gasteiger partial charge in [-0.25, -0.2) is 9.78 Å². The number of fused-ring (bicyclic) bond motifs is 1. The molecule has 6 nitrogen and oxygen atoms in total. The normalized spacial score (nSPS) is 12.1. The minimum atomic E-state index is -0.480. The summed E-state index contributed by atoms with van der Waals surface area (Å²) in [6, 6.07) is 5.02. The fourth-order valence-electron chi connectivity index (χ4n) is 1.59. The number of amides is 3. The summed E-state index contributed by atoms with van der Waals surface area (Å²) in [7, 11) is 0. The highest BCUT2D eigenvalue weighted by atomic mass is 32.2. The first-order valence-corrected chi connectivity index (χ1v) is 8.10. The van der Waals surface area contributed by atoms with Gasteiger partial charge in [0, 0.05) is 12.2 Å². The van der Waals surface area contributed by atoms with Crippen LogP contribution in [0.1, 0.15) is 13.8 Å². The largest absolute Gasteiger partial charge is 0.399 e. The van der Waals surface area contributed by atoms with E-state index in [0.717, 1.165) is 14.6 Å². The molecule has 1 atom stereocenters. The molecule has 0 spiro atoms. The molecule has 2 rings (SSSR count). The van der Waals surface area contributed by atoms with Crippen molar-refractivity contribution in [3.05, 3.63) is 18.2 Å². The molecule has 0 fully saturated rings. The van der Waals surface area contributed by atoms with Crippen LogP contribution in [-0.4, -0.2) is 28.7 Å². The highest BCUT2D eigenvalue weighted by molar-refractivity contribution is 8.02. The summed E-state index contributed by atoms with van der Waals surface area (Å²) in [5, 5.41) is 4.40. The second-order valence-corrected chi connectivity index (χ2v) is 6.93. The number of benzene rings is 1. The molecule has 0 saturated heterocycles. The molecule has 1 heterocycles. The monoisotopic (exact) mass is 324 g/mol. The number of hydrogen-bond acceptors (Lipinski definition) is 6. The van der Waals surface area contributed by atoms with Crippen molar-refractivity contribution in [2.24, 2.45) is 0 Å². The molecule has 1 aromatic carbocycles. The number of carbonyl (C=O) groups is 2. The van der Waals surface area contributed by atoms with Crippen LogP contribution in [0.15, 0.2) is 22.5 Å². The highest BCUT2D eigenvalue weighted by Crippen LogP contribution is 2.32. The summed E-state index contributed by atoms with van der Waals surface area (Å²) >= 11 is 2.80. The topological polar surface area (TPSA) is 97.1 Å². The van der Waals surface area contributed by atoms with E-state index in [1.165, 1.54) is 23.1 Å². The van der Waals surface area contributed by atoms with Crippen LogP contribution in [0.3, 0.4) is 0 Å². The molecule has 3 amide bonds. The Balaban J connectivity index is 2.02. The second-order valence-electron chi connectivity index (χ2n) is 4.32. The Kier molecular flexibility index (Phi) is 5.03. The van der Waals surface area contributed by atoms with E-state index >= 15 is 0 Å². The average Bonchev–Trinajstić information content (AvgIpc) is 2.80. The van der Waals surface area contributed by atoms with Gasteiger partial charge in [0.15, 0.2) is 4.34 Å². The molecule has 1 unspecified atom stereocenters. The first-order valence-electron chi connectivity index (χ1n) is 6.41. The van der Waals surface area contributed by atoms with Crippen LogP contribution in [0.25, 0.3) is 10.2 Å². The van der Waals surface area contributed by atoms with E-state index in [1.807, 2.05) is 12.1 Å². The van der Waals surface area contributed by atoms with Crippen LogP contribution in [0.5, 0.6) is 0 Å². The van der Waals surface area contributed by atoms with Crippen LogP contribution < -0.4 is 16.4 Å². The summed E-state index contributed by atoms with van der Waals surface area (Å²) in [4.78, 5) is 27.6. The Morgan fingerprint density at radius 2 is 2.24 bits per heavy atom. The lowest BCUT2D eigenvalue weighted by molar-refractivity contribution is -0.119. The SMILES string of the molecule is CCNC(=O)NC(=O)C(C)Sc1nc2ccc(N)cc2s1. The number of anilines is 1. The maximum absolute atomic E-state index is 11.9. The number of nitrogens with zero attached hydrogens (tertiary/aromatic N) is 1. The van der Waals surface area contributed by atoms with Crippen LogP contribution in [0.2, 0.25) is 0 Å². The van der Waals surface area contributed by atoms with Gasteiger partial charge in [0.1, 0.15) is 0 Å². The molecule has 1 aromatic heterocycles. The number of hydrogen-bond donors (Lipinski definition) is 3. The van der Waals surface area contributed by atoms with Gasteiger partial charge in [0.25, 0.3) is 0 Å². The maximum Gasteiger partial charge on any atom is 0.321 e. The summed E-state index contributed by atoms with van der Waals surface area (Å²) in [6.07, 6.45) is 0. The number of nitrogens with two attached hydrogens (primary N) is 1. The van der Waals surface area contributed by atoms with Gasteiger partial charge in [-0.2, -0.15) is 0 Å². The zero-order valence-electron chi connectivity index (χ0n) is 11.7. The van der Waals surface area contributed by atoms with Gasteiger partial charge in [-0.1, -0.05) is 11.8 Å². The van der Waals surface area contributed by atoms with Crippen molar-refractivity contribution in [1.82, 2.24) is 15.6 Å². The van der Waals surface area contributed by atoms with Crippen LogP contribution in [-0.2, 0) is 4.79 Å². The minimum absolute atomic E-state index is 0.343. The van der Waals surface area contributed by atoms with Crippen LogP contribution >= 0.6 is 23.1 Å². The van der Waals surface area contributed by atoms with E-state index in [-0.39, 0.29) is 5.91 Å². The number of urea groups is 1. The van der Waals surface area contributed by atoms with Gasteiger partial charge in [0.2, 0.25) is 5.91 Å². The van der Waals surface area contributed by atoms with Gasteiger partial charge in [0.05, 0.1) is 15.5 Å². The van der Waals surface area contributed by atoms with Crippen molar-refractivity contribution in [2.75, 3.05) is 12.3 Å². The molecule has 0 aliphatic carbocycles. The summed E-state index contributed by atoms with van der Waals surface area (Å²) in [5.41, 5.74) is 7.27. The van der Waals surface area contributed by atoms with E-state index in [0.29, 0.717) is 12.2 Å². The number of carbonyl (C=O) groups excluding carboxylic acids is 2. The second kappa shape index (κ2) is 6.77. The zero-order chi connectivity index (χ0) is 15.4. The Morgan fingerprint density at radius 3 is 2.95 bits per heavy atom. The standard InChI is InChI=1S/C13H16N4O2S2/c1-3-15-12(19)17-11(18)7(2)20-13-16-9-5-4-8(14)6-10(9)21-13/h4-7H,3,14H2,1-2H3,(H2,15,17,18,19). The number of imide groups is 1. The number of thiazole rings is 1. The van der Waals surface area contributed by atoms with Gasteiger partial charge < -0.3 is 11.1 Å². The summed E-state index contributed by atoms with van der Waals surface area (Å²) in [6.45, 7) is 3.99. The summed E-state index contributed by atoms with van der Waals surface area (Å²) < 4.78 is 1.75.